The van der Waals surface area contributed by atoms with Gasteiger partial charge < -0.3 is 10.4 Å². The Hall–Kier alpha value is -1.06. The van der Waals surface area contributed by atoms with Gasteiger partial charge >= 0.3 is 0 Å². The molecule has 0 aromatic heterocycles. The number of rotatable bonds is 5. The van der Waals surface area contributed by atoms with Crippen molar-refractivity contribution < 1.29 is 9.90 Å². The van der Waals surface area contributed by atoms with Gasteiger partial charge in [-0.1, -0.05) is 31.0 Å². The van der Waals surface area contributed by atoms with Gasteiger partial charge in [-0.2, -0.15) is 0 Å². The largest absolute Gasteiger partial charge is 0.388 e. The molecule has 0 saturated carbocycles. The van der Waals surface area contributed by atoms with Crippen molar-refractivity contribution in [3.63, 3.8) is 0 Å². The molecule has 100 valence electrons. The molecule has 0 radical (unpaired) electrons. The quantitative estimate of drug-likeness (QED) is 0.863. The maximum Gasteiger partial charge on any atom is 0.251 e. The van der Waals surface area contributed by atoms with Crippen LogP contribution in [0.1, 0.15) is 42.6 Å². The molecule has 2 N–H and O–H groups in total. The second kappa shape index (κ2) is 6.21. The molecule has 0 spiro atoms. The fourth-order valence-electron chi connectivity index (χ4n) is 1.85. The van der Waals surface area contributed by atoms with E-state index < -0.39 is 5.60 Å². The minimum absolute atomic E-state index is 0.202. The van der Waals surface area contributed by atoms with Gasteiger partial charge in [0.15, 0.2) is 0 Å². The van der Waals surface area contributed by atoms with E-state index in [1.54, 1.807) is 32.0 Å². The number of aliphatic hydroxyl groups is 1. The molecule has 1 atom stereocenters. The summed E-state index contributed by atoms with van der Waals surface area (Å²) in [4.78, 5) is 12.0. The summed E-state index contributed by atoms with van der Waals surface area (Å²) in [6.45, 7) is 5.77. The van der Waals surface area contributed by atoms with E-state index in [4.69, 9.17) is 11.6 Å². The Labute approximate surface area is 113 Å². The molecule has 1 amide bonds. The molecule has 0 fully saturated rings. The third kappa shape index (κ3) is 4.00. The van der Waals surface area contributed by atoms with E-state index in [1.807, 2.05) is 6.92 Å². The minimum atomic E-state index is -0.864. The first-order chi connectivity index (χ1) is 8.37. The predicted octanol–water partition coefficient (Wildman–Crippen LogP) is 2.93. The SMILES string of the molecule is CCCC(C)(O)CNC(=O)c1cccc(Cl)c1C. The fraction of sp³-hybridized carbons (Fsp3) is 0.500. The van der Waals surface area contributed by atoms with E-state index in [0.29, 0.717) is 17.0 Å². The number of carbonyl (C=O) groups excluding carboxylic acids is 1. The molecular formula is C14H20ClNO2. The molecule has 1 aromatic carbocycles. The standard InChI is InChI=1S/C14H20ClNO2/c1-4-8-14(3,18)9-16-13(17)11-6-5-7-12(15)10(11)2/h5-7,18H,4,8-9H2,1-3H3,(H,16,17). The zero-order valence-electron chi connectivity index (χ0n) is 11.1. The van der Waals surface area contributed by atoms with Gasteiger partial charge in [0.25, 0.3) is 5.91 Å². The molecular weight excluding hydrogens is 250 g/mol. The van der Waals surface area contributed by atoms with E-state index in [0.717, 1.165) is 12.0 Å². The molecule has 3 nitrogen and oxygen atoms in total. The van der Waals surface area contributed by atoms with Gasteiger partial charge in [0.05, 0.1) is 5.60 Å². The average molecular weight is 270 g/mol. The average Bonchev–Trinajstić information content (AvgIpc) is 2.30. The van der Waals surface area contributed by atoms with Gasteiger partial charge in [0.2, 0.25) is 0 Å². The summed E-state index contributed by atoms with van der Waals surface area (Å²) in [6.07, 6.45) is 1.53. The highest BCUT2D eigenvalue weighted by Gasteiger charge is 2.20. The van der Waals surface area contributed by atoms with Crippen LogP contribution in [0.25, 0.3) is 0 Å². The van der Waals surface area contributed by atoms with Crippen LogP contribution < -0.4 is 5.32 Å². The third-order valence-corrected chi connectivity index (χ3v) is 3.34. The Morgan fingerprint density at radius 3 is 2.78 bits per heavy atom. The van der Waals surface area contributed by atoms with E-state index in [-0.39, 0.29) is 12.5 Å². The Bertz CT molecular complexity index is 430. The molecule has 1 unspecified atom stereocenters. The molecule has 0 bridgehead atoms. The summed E-state index contributed by atoms with van der Waals surface area (Å²) in [7, 11) is 0. The first-order valence-electron chi connectivity index (χ1n) is 6.13. The number of hydrogen-bond donors (Lipinski definition) is 2. The third-order valence-electron chi connectivity index (χ3n) is 2.93. The van der Waals surface area contributed by atoms with Crippen LogP contribution in [-0.4, -0.2) is 23.2 Å². The second-order valence-corrected chi connectivity index (χ2v) is 5.25. The van der Waals surface area contributed by atoms with Crippen LogP contribution in [0.5, 0.6) is 0 Å². The van der Waals surface area contributed by atoms with Gasteiger partial charge in [0.1, 0.15) is 0 Å². The Balaban J connectivity index is 2.69. The number of hydrogen-bond acceptors (Lipinski definition) is 2. The fourth-order valence-corrected chi connectivity index (χ4v) is 2.02. The molecule has 18 heavy (non-hydrogen) atoms. The van der Waals surface area contributed by atoms with Crippen molar-refractivity contribution in [1.82, 2.24) is 5.32 Å². The topological polar surface area (TPSA) is 49.3 Å². The maximum absolute atomic E-state index is 12.0. The first kappa shape index (κ1) is 15.0. The van der Waals surface area contributed by atoms with Crippen LogP contribution in [0.15, 0.2) is 18.2 Å². The highest BCUT2D eigenvalue weighted by Crippen LogP contribution is 2.19. The summed E-state index contributed by atoms with van der Waals surface area (Å²) < 4.78 is 0. The summed E-state index contributed by atoms with van der Waals surface area (Å²) in [6, 6.07) is 5.22. The predicted molar refractivity (Wildman–Crippen MR) is 74.1 cm³/mol. The molecule has 4 heteroatoms. The van der Waals surface area contributed by atoms with Crippen molar-refractivity contribution in [2.75, 3.05) is 6.54 Å². The van der Waals surface area contributed by atoms with Gasteiger partial charge in [-0.05, 0) is 38.0 Å². The first-order valence-corrected chi connectivity index (χ1v) is 6.51. The monoisotopic (exact) mass is 269 g/mol. The Kier molecular flexibility index (Phi) is 5.17. The van der Waals surface area contributed by atoms with Crippen LogP contribution in [0.3, 0.4) is 0 Å². The lowest BCUT2D eigenvalue weighted by molar-refractivity contribution is 0.0469. The van der Waals surface area contributed by atoms with E-state index in [2.05, 4.69) is 5.32 Å². The maximum atomic E-state index is 12.0. The Morgan fingerprint density at radius 2 is 2.17 bits per heavy atom. The van der Waals surface area contributed by atoms with Crippen molar-refractivity contribution >= 4 is 17.5 Å². The van der Waals surface area contributed by atoms with Crippen LogP contribution in [0, 0.1) is 6.92 Å². The van der Waals surface area contributed by atoms with E-state index in [9.17, 15) is 9.90 Å². The van der Waals surface area contributed by atoms with Gasteiger partial charge in [-0.3, -0.25) is 4.79 Å². The van der Waals surface area contributed by atoms with E-state index in [1.165, 1.54) is 0 Å². The van der Waals surface area contributed by atoms with Crippen molar-refractivity contribution in [3.8, 4) is 0 Å². The van der Waals surface area contributed by atoms with Crippen LogP contribution in [0.4, 0.5) is 0 Å². The molecule has 0 heterocycles. The van der Waals surface area contributed by atoms with Crippen LogP contribution in [0.2, 0.25) is 5.02 Å². The Morgan fingerprint density at radius 1 is 1.50 bits per heavy atom. The lowest BCUT2D eigenvalue weighted by atomic mass is 10.0. The lowest BCUT2D eigenvalue weighted by Crippen LogP contribution is -2.40. The number of amides is 1. The van der Waals surface area contributed by atoms with Crippen LogP contribution in [-0.2, 0) is 0 Å². The summed E-state index contributed by atoms with van der Waals surface area (Å²) in [5.74, 6) is -0.202. The molecule has 1 aromatic rings. The minimum Gasteiger partial charge on any atom is -0.388 e. The summed E-state index contributed by atoms with van der Waals surface area (Å²) >= 11 is 5.97. The normalized spacial score (nSPS) is 14.1. The molecule has 0 aliphatic carbocycles. The van der Waals surface area contributed by atoms with Crippen molar-refractivity contribution in [3.05, 3.63) is 34.3 Å². The highest BCUT2D eigenvalue weighted by atomic mass is 35.5. The van der Waals surface area contributed by atoms with Crippen LogP contribution >= 0.6 is 11.6 Å². The zero-order valence-corrected chi connectivity index (χ0v) is 11.8. The van der Waals surface area contributed by atoms with Crippen molar-refractivity contribution in [2.24, 2.45) is 0 Å². The lowest BCUT2D eigenvalue weighted by Gasteiger charge is -2.23. The highest BCUT2D eigenvalue weighted by molar-refractivity contribution is 6.31. The molecule has 0 aliphatic rings. The zero-order chi connectivity index (χ0) is 13.8. The summed E-state index contributed by atoms with van der Waals surface area (Å²) in [5.41, 5.74) is 0.443. The molecule has 0 saturated heterocycles. The molecule has 1 rings (SSSR count). The van der Waals surface area contributed by atoms with Gasteiger partial charge in [0, 0.05) is 17.1 Å². The second-order valence-electron chi connectivity index (χ2n) is 4.84. The number of nitrogens with one attached hydrogen (secondary N) is 1. The van der Waals surface area contributed by atoms with Gasteiger partial charge in [-0.15, -0.1) is 0 Å². The molecule has 0 aliphatic heterocycles. The number of benzene rings is 1. The summed E-state index contributed by atoms with van der Waals surface area (Å²) in [5, 5.41) is 13.3. The van der Waals surface area contributed by atoms with Crippen molar-refractivity contribution in [1.29, 1.82) is 0 Å². The van der Waals surface area contributed by atoms with Crippen molar-refractivity contribution in [2.45, 2.75) is 39.2 Å². The number of halogens is 1. The number of carbonyl (C=O) groups is 1. The van der Waals surface area contributed by atoms with E-state index >= 15 is 0 Å². The van der Waals surface area contributed by atoms with Gasteiger partial charge in [-0.25, -0.2) is 0 Å². The smallest absolute Gasteiger partial charge is 0.251 e.